The first-order valence-electron chi connectivity index (χ1n) is 6.13. The smallest absolute Gasteiger partial charge is 0.328 e. The van der Waals surface area contributed by atoms with E-state index in [2.05, 4.69) is 17.2 Å². The standard InChI is InChI=1S/C14H16N2O3/c1-14(4-5-14)9-16-13(19)11-6-10(7-15-8-11)2-3-12(17)18/h2-3,6-8H,4-5,9H2,1H3,(H,16,19)(H,17,18)/b3-2+. The van der Waals surface area contributed by atoms with Crippen LogP contribution in [-0.4, -0.2) is 28.5 Å². The molecule has 5 heteroatoms. The number of nitrogens with one attached hydrogen (secondary N) is 1. The van der Waals surface area contributed by atoms with Gasteiger partial charge in [0, 0.05) is 25.0 Å². The molecule has 2 N–H and O–H groups in total. The Morgan fingerprint density at radius 2 is 2.21 bits per heavy atom. The SMILES string of the molecule is CC1(CNC(=O)c2cncc(/C=C/C(=O)O)c2)CC1. The summed E-state index contributed by atoms with van der Waals surface area (Å²) in [5.41, 5.74) is 1.29. The van der Waals surface area contributed by atoms with Crippen LogP contribution in [0.2, 0.25) is 0 Å². The van der Waals surface area contributed by atoms with Crippen molar-refractivity contribution in [3.8, 4) is 0 Å². The van der Waals surface area contributed by atoms with Gasteiger partial charge in [-0.2, -0.15) is 0 Å². The van der Waals surface area contributed by atoms with Gasteiger partial charge in [-0.1, -0.05) is 6.92 Å². The molecule has 1 aliphatic rings. The maximum Gasteiger partial charge on any atom is 0.328 e. The Labute approximate surface area is 111 Å². The Kier molecular flexibility index (Phi) is 3.64. The molecule has 5 nitrogen and oxygen atoms in total. The molecular formula is C14H16N2O3. The first kappa shape index (κ1) is 13.3. The molecule has 0 radical (unpaired) electrons. The summed E-state index contributed by atoms with van der Waals surface area (Å²) in [6.07, 6.45) is 7.71. The summed E-state index contributed by atoms with van der Waals surface area (Å²) < 4.78 is 0. The molecule has 0 atom stereocenters. The number of amides is 1. The van der Waals surface area contributed by atoms with E-state index < -0.39 is 5.97 Å². The second kappa shape index (κ2) is 5.22. The van der Waals surface area contributed by atoms with Gasteiger partial charge >= 0.3 is 5.97 Å². The number of aromatic nitrogens is 1. The van der Waals surface area contributed by atoms with Crippen LogP contribution in [0.25, 0.3) is 6.08 Å². The van der Waals surface area contributed by atoms with E-state index in [4.69, 9.17) is 5.11 Å². The number of carbonyl (C=O) groups is 2. The summed E-state index contributed by atoms with van der Waals surface area (Å²) in [6, 6.07) is 1.62. The van der Waals surface area contributed by atoms with E-state index >= 15 is 0 Å². The van der Waals surface area contributed by atoms with Gasteiger partial charge in [0.2, 0.25) is 0 Å². The lowest BCUT2D eigenvalue weighted by molar-refractivity contribution is -0.131. The Bertz CT molecular complexity index is 533. The summed E-state index contributed by atoms with van der Waals surface area (Å²) in [7, 11) is 0. The lowest BCUT2D eigenvalue weighted by atomic mass is 10.1. The minimum atomic E-state index is -1.03. The fraction of sp³-hybridized carbons (Fsp3) is 0.357. The van der Waals surface area contributed by atoms with Crippen molar-refractivity contribution >= 4 is 18.0 Å². The van der Waals surface area contributed by atoms with Crippen LogP contribution in [0, 0.1) is 5.41 Å². The van der Waals surface area contributed by atoms with Crippen LogP contribution in [0.1, 0.15) is 35.7 Å². The molecule has 0 unspecified atom stereocenters. The van der Waals surface area contributed by atoms with Gasteiger partial charge in [-0.25, -0.2) is 4.79 Å². The molecule has 1 aromatic heterocycles. The van der Waals surface area contributed by atoms with Gasteiger partial charge in [0.1, 0.15) is 0 Å². The second-order valence-electron chi connectivity index (χ2n) is 5.17. The zero-order valence-electron chi connectivity index (χ0n) is 10.7. The predicted octanol–water partition coefficient (Wildman–Crippen LogP) is 1.71. The molecule has 0 saturated heterocycles. The molecule has 1 heterocycles. The summed E-state index contributed by atoms with van der Waals surface area (Å²) in [5.74, 6) is -1.21. The monoisotopic (exact) mass is 260 g/mol. The second-order valence-corrected chi connectivity index (χ2v) is 5.17. The van der Waals surface area contributed by atoms with E-state index in [1.165, 1.54) is 18.5 Å². The normalized spacial score (nSPS) is 16.3. The molecule has 1 fully saturated rings. The lowest BCUT2D eigenvalue weighted by Gasteiger charge is -2.10. The highest BCUT2D eigenvalue weighted by Crippen LogP contribution is 2.44. The number of rotatable bonds is 5. The van der Waals surface area contributed by atoms with Crippen molar-refractivity contribution in [3.05, 3.63) is 35.7 Å². The number of nitrogens with zero attached hydrogens (tertiary/aromatic N) is 1. The van der Waals surface area contributed by atoms with E-state index in [0.29, 0.717) is 17.7 Å². The minimum absolute atomic E-state index is 0.175. The first-order chi connectivity index (χ1) is 8.98. The van der Waals surface area contributed by atoms with Crippen molar-refractivity contribution in [3.63, 3.8) is 0 Å². The molecular weight excluding hydrogens is 244 g/mol. The number of aliphatic carboxylic acids is 1. The third kappa shape index (κ3) is 3.91. The van der Waals surface area contributed by atoms with Gasteiger partial charge in [-0.3, -0.25) is 9.78 Å². The van der Waals surface area contributed by atoms with Gasteiger partial charge in [0.25, 0.3) is 5.91 Å². The van der Waals surface area contributed by atoms with Crippen LogP contribution in [0.3, 0.4) is 0 Å². The van der Waals surface area contributed by atoms with Crippen LogP contribution in [-0.2, 0) is 4.79 Å². The zero-order chi connectivity index (χ0) is 13.9. The fourth-order valence-electron chi connectivity index (χ4n) is 1.63. The Hall–Kier alpha value is -2.17. The molecule has 1 amide bonds. The highest BCUT2D eigenvalue weighted by molar-refractivity contribution is 5.94. The van der Waals surface area contributed by atoms with Crippen LogP contribution < -0.4 is 5.32 Å². The maximum absolute atomic E-state index is 11.9. The number of carboxylic acids is 1. The molecule has 0 bridgehead atoms. The summed E-state index contributed by atoms with van der Waals surface area (Å²) in [5, 5.41) is 11.4. The molecule has 0 aliphatic heterocycles. The minimum Gasteiger partial charge on any atom is -0.478 e. The zero-order valence-corrected chi connectivity index (χ0v) is 10.7. The van der Waals surface area contributed by atoms with E-state index in [-0.39, 0.29) is 11.3 Å². The Morgan fingerprint density at radius 3 is 2.84 bits per heavy atom. The highest BCUT2D eigenvalue weighted by Gasteiger charge is 2.37. The van der Waals surface area contributed by atoms with Gasteiger partial charge in [0.15, 0.2) is 0 Å². The maximum atomic E-state index is 11.9. The van der Waals surface area contributed by atoms with Crippen molar-refractivity contribution in [1.82, 2.24) is 10.3 Å². The molecule has 1 aliphatic carbocycles. The number of hydrogen-bond acceptors (Lipinski definition) is 3. The van der Waals surface area contributed by atoms with Crippen LogP contribution in [0.5, 0.6) is 0 Å². The largest absolute Gasteiger partial charge is 0.478 e. The fourth-order valence-corrected chi connectivity index (χ4v) is 1.63. The van der Waals surface area contributed by atoms with Gasteiger partial charge in [-0.15, -0.1) is 0 Å². The Balaban J connectivity index is 2.01. The summed E-state index contributed by atoms with van der Waals surface area (Å²) >= 11 is 0. The average molecular weight is 260 g/mol. The van der Waals surface area contributed by atoms with Crippen molar-refractivity contribution < 1.29 is 14.7 Å². The van der Waals surface area contributed by atoms with Gasteiger partial charge in [-0.05, 0) is 36.0 Å². The van der Waals surface area contributed by atoms with Crippen molar-refractivity contribution in [2.45, 2.75) is 19.8 Å². The third-order valence-corrected chi connectivity index (χ3v) is 3.22. The third-order valence-electron chi connectivity index (χ3n) is 3.22. The number of carboxylic acid groups (broad SMARTS) is 1. The summed E-state index contributed by atoms with van der Waals surface area (Å²) in [4.78, 5) is 26.3. The van der Waals surface area contributed by atoms with E-state index in [0.717, 1.165) is 18.9 Å². The summed E-state index contributed by atoms with van der Waals surface area (Å²) in [6.45, 7) is 2.80. The van der Waals surface area contributed by atoms with Gasteiger partial charge in [0.05, 0.1) is 5.56 Å². The average Bonchev–Trinajstić information content (AvgIpc) is 3.12. The lowest BCUT2D eigenvalue weighted by Crippen LogP contribution is -2.29. The molecule has 19 heavy (non-hydrogen) atoms. The van der Waals surface area contributed by atoms with E-state index in [9.17, 15) is 9.59 Å². The number of carbonyl (C=O) groups excluding carboxylic acids is 1. The molecule has 100 valence electrons. The van der Waals surface area contributed by atoms with Gasteiger partial charge < -0.3 is 10.4 Å². The van der Waals surface area contributed by atoms with Crippen LogP contribution in [0.15, 0.2) is 24.5 Å². The topological polar surface area (TPSA) is 79.3 Å². The molecule has 2 rings (SSSR count). The van der Waals surface area contributed by atoms with E-state index in [1.807, 2.05) is 0 Å². The molecule has 0 spiro atoms. The Morgan fingerprint density at radius 1 is 1.47 bits per heavy atom. The predicted molar refractivity (Wildman–Crippen MR) is 70.6 cm³/mol. The molecule has 1 aromatic rings. The first-order valence-corrected chi connectivity index (χ1v) is 6.13. The van der Waals surface area contributed by atoms with Crippen molar-refractivity contribution in [1.29, 1.82) is 0 Å². The van der Waals surface area contributed by atoms with Crippen LogP contribution in [0.4, 0.5) is 0 Å². The van der Waals surface area contributed by atoms with Crippen LogP contribution >= 0.6 is 0 Å². The molecule has 1 saturated carbocycles. The number of hydrogen-bond donors (Lipinski definition) is 2. The number of pyridine rings is 1. The quantitative estimate of drug-likeness (QED) is 0.790. The highest BCUT2D eigenvalue weighted by atomic mass is 16.4. The van der Waals surface area contributed by atoms with Crippen molar-refractivity contribution in [2.24, 2.45) is 5.41 Å². The molecule has 0 aromatic carbocycles. The van der Waals surface area contributed by atoms with E-state index in [1.54, 1.807) is 6.07 Å². The van der Waals surface area contributed by atoms with Crippen molar-refractivity contribution in [2.75, 3.05) is 6.54 Å².